The summed E-state index contributed by atoms with van der Waals surface area (Å²) in [6, 6.07) is 7.93. The summed E-state index contributed by atoms with van der Waals surface area (Å²) in [5, 5.41) is 7.42. The SMILES string of the molecule is CCNC(C)C(C)c1nc(-c2cccc(OC)c2)no1. The Bertz CT molecular complexity index is 554. The Morgan fingerprint density at radius 3 is 2.85 bits per heavy atom. The number of aromatic nitrogens is 2. The van der Waals surface area contributed by atoms with Crippen molar-refractivity contribution >= 4 is 0 Å². The number of benzene rings is 1. The first-order valence-corrected chi connectivity index (χ1v) is 6.87. The molecule has 5 heteroatoms. The third-order valence-electron chi connectivity index (χ3n) is 3.44. The number of nitrogens with zero attached hydrogens (tertiary/aromatic N) is 2. The number of methoxy groups -OCH3 is 1. The first kappa shape index (κ1) is 14.5. The van der Waals surface area contributed by atoms with Crippen LogP contribution in [0.15, 0.2) is 28.8 Å². The second-order valence-corrected chi connectivity index (χ2v) is 4.82. The molecule has 0 saturated carbocycles. The van der Waals surface area contributed by atoms with Gasteiger partial charge >= 0.3 is 0 Å². The summed E-state index contributed by atoms with van der Waals surface area (Å²) >= 11 is 0. The van der Waals surface area contributed by atoms with E-state index in [4.69, 9.17) is 9.26 Å². The van der Waals surface area contributed by atoms with Crippen molar-refractivity contribution in [2.75, 3.05) is 13.7 Å². The Morgan fingerprint density at radius 1 is 1.35 bits per heavy atom. The lowest BCUT2D eigenvalue weighted by atomic mass is 10.0. The molecule has 1 aromatic heterocycles. The van der Waals surface area contributed by atoms with Gasteiger partial charge in [0.05, 0.1) is 13.0 Å². The lowest BCUT2D eigenvalue weighted by Crippen LogP contribution is -2.30. The van der Waals surface area contributed by atoms with Gasteiger partial charge in [-0.2, -0.15) is 4.98 Å². The van der Waals surface area contributed by atoms with Gasteiger partial charge in [0.1, 0.15) is 5.75 Å². The molecule has 1 N–H and O–H groups in total. The van der Waals surface area contributed by atoms with Crippen LogP contribution in [0.25, 0.3) is 11.4 Å². The highest BCUT2D eigenvalue weighted by Crippen LogP contribution is 2.24. The molecule has 0 fully saturated rings. The monoisotopic (exact) mass is 275 g/mol. The Morgan fingerprint density at radius 2 is 2.15 bits per heavy atom. The molecule has 2 rings (SSSR count). The maximum atomic E-state index is 5.38. The molecule has 0 bridgehead atoms. The van der Waals surface area contributed by atoms with Crippen molar-refractivity contribution in [3.8, 4) is 17.1 Å². The minimum Gasteiger partial charge on any atom is -0.497 e. The summed E-state index contributed by atoms with van der Waals surface area (Å²) < 4.78 is 10.6. The van der Waals surface area contributed by atoms with E-state index in [1.54, 1.807) is 7.11 Å². The van der Waals surface area contributed by atoms with E-state index in [0.717, 1.165) is 17.9 Å². The van der Waals surface area contributed by atoms with Crippen LogP contribution in [0.2, 0.25) is 0 Å². The van der Waals surface area contributed by atoms with E-state index >= 15 is 0 Å². The van der Waals surface area contributed by atoms with Gasteiger partial charge in [-0.05, 0) is 25.6 Å². The molecule has 20 heavy (non-hydrogen) atoms. The molecule has 1 heterocycles. The van der Waals surface area contributed by atoms with Gasteiger partial charge in [0.25, 0.3) is 0 Å². The van der Waals surface area contributed by atoms with Crippen LogP contribution in [0, 0.1) is 0 Å². The van der Waals surface area contributed by atoms with Crippen LogP contribution in [-0.2, 0) is 0 Å². The summed E-state index contributed by atoms with van der Waals surface area (Å²) in [7, 11) is 1.64. The fourth-order valence-electron chi connectivity index (χ4n) is 2.01. The zero-order valence-corrected chi connectivity index (χ0v) is 12.4. The molecule has 0 aliphatic rings. The van der Waals surface area contributed by atoms with Crippen LogP contribution in [0.1, 0.15) is 32.6 Å². The second kappa shape index (κ2) is 6.52. The van der Waals surface area contributed by atoms with Crippen molar-refractivity contribution in [2.24, 2.45) is 0 Å². The lowest BCUT2D eigenvalue weighted by Gasteiger charge is -2.16. The number of ether oxygens (including phenoxy) is 1. The van der Waals surface area contributed by atoms with Crippen LogP contribution in [0.5, 0.6) is 5.75 Å². The average Bonchev–Trinajstić information content (AvgIpc) is 2.96. The van der Waals surface area contributed by atoms with E-state index in [2.05, 4.69) is 36.2 Å². The van der Waals surface area contributed by atoms with Gasteiger partial charge < -0.3 is 14.6 Å². The summed E-state index contributed by atoms with van der Waals surface area (Å²) in [5.41, 5.74) is 0.891. The largest absolute Gasteiger partial charge is 0.497 e. The normalized spacial score (nSPS) is 14.0. The Balaban J connectivity index is 2.19. The molecule has 0 spiro atoms. The first-order chi connectivity index (χ1) is 9.65. The highest BCUT2D eigenvalue weighted by atomic mass is 16.5. The Kier molecular flexibility index (Phi) is 4.74. The maximum absolute atomic E-state index is 5.38. The zero-order valence-electron chi connectivity index (χ0n) is 12.4. The molecule has 2 atom stereocenters. The predicted octanol–water partition coefficient (Wildman–Crippen LogP) is 2.85. The van der Waals surface area contributed by atoms with E-state index in [-0.39, 0.29) is 5.92 Å². The molecule has 108 valence electrons. The van der Waals surface area contributed by atoms with Crippen LogP contribution in [0.3, 0.4) is 0 Å². The minimum atomic E-state index is 0.168. The highest BCUT2D eigenvalue weighted by molar-refractivity contribution is 5.56. The van der Waals surface area contributed by atoms with Crippen molar-refractivity contribution in [1.29, 1.82) is 0 Å². The second-order valence-electron chi connectivity index (χ2n) is 4.82. The van der Waals surface area contributed by atoms with Gasteiger partial charge in [0.2, 0.25) is 11.7 Å². The first-order valence-electron chi connectivity index (χ1n) is 6.87. The molecule has 0 radical (unpaired) electrons. The molecule has 2 unspecified atom stereocenters. The number of rotatable bonds is 6. The fourth-order valence-corrected chi connectivity index (χ4v) is 2.01. The Labute approximate surface area is 119 Å². The standard InChI is InChI=1S/C15H21N3O2/c1-5-16-11(3)10(2)15-17-14(18-20-15)12-7-6-8-13(9-12)19-4/h6-11,16H,5H2,1-4H3. The maximum Gasteiger partial charge on any atom is 0.231 e. The van der Waals surface area contributed by atoms with Crippen molar-refractivity contribution in [3.05, 3.63) is 30.2 Å². The number of hydrogen-bond donors (Lipinski definition) is 1. The fraction of sp³-hybridized carbons (Fsp3) is 0.467. The number of nitrogens with one attached hydrogen (secondary N) is 1. The molecule has 2 aromatic rings. The third-order valence-corrected chi connectivity index (χ3v) is 3.44. The van der Waals surface area contributed by atoms with Gasteiger partial charge in [-0.1, -0.05) is 31.1 Å². The summed E-state index contributed by atoms with van der Waals surface area (Å²) in [5.74, 6) is 2.19. The van der Waals surface area contributed by atoms with E-state index in [0.29, 0.717) is 17.8 Å². The quantitative estimate of drug-likeness (QED) is 0.878. The summed E-state index contributed by atoms with van der Waals surface area (Å²) in [6.45, 7) is 7.20. The molecule has 0 amide bonds. The Hall–Kier alpha value is -1.88. The lowest BCUT2D eigenvalue weighted by molar-refractivity contribution is 0.332. The molecule has 5 nitrogen and oxygen atoms in total. The minimum absolute atomic E-state index is 0.168. The van der Waals surface area contributed by atoms with Crippen LogP contribution >= 0.6 is 0 Å². The molecular weight excluding hydrogens is 254 g/mol. The molecule has 0 saturated heterocycles. The number of likely N-dealkylation sites (N-methyl/N-ethyl adjacent to an activating group) is 1. The van der Waals surface area contributed by atoms with Crippen molar-refractivity contribution in [3.63, 3.8) is 0 Å². The average molecular weight is 275 g/mol. The van der Waals surface area contributed by atoms with Gasteiger partial charge in [-0.15, -0.1) is 0 Å². The van der Waals surface area contributed by atoms with Crippen molar-refractivity contribution < 1.29 is 9.26 Å². The molecule has 0 aliphatic carbocycles. The van der Waals surface area contributed by atoms with Gasteiger partial charge in [-0.3, -0.25) is 0 Å². The van der Waals surface area contributed by atoms with Crippen LogP contribution in [0.4, 0.5) is 0 Å². The third kappa shape index (κ3) is 3.17. The van der Waals surface area contributed by atoms with E-state index in [1.807, 2.05) is 24.3 Å². The molecule has 0 aliphatic heterocycles. The zero-order chi connectivity index (χ0) is 14.5. The van der Waals surface area contributed by atoms with E-state index in [1.165, 1.54) is 0 Å². The summed E-state index contributed by atoms with van der Waals surface area (Å²) in [6.07, 6.45) is 0. The van der Waals surface area contributed by atoms with Crippen LogP contribution < -0.4 is 10.1 Å². The van der Waals surface area contributed by atoms with Crippen molar-refractivity contribution in [2.45, 2.75) is 32.7 Å². The van der Waals surface area contributed by atoms with Gasteiger partial charge in [-0.25, -0.2) is 0 Å². The predicted molar refractivity (Wildman–Crippen MR) is 77.8 cm³/mol. The van der Waals surface area contributed by atoms with Crippen molar-refractivity contribution in [1.82, 2.24) is 15.5 Å². The highest BCUT2D eigenvalue weighted by Gasteiger charge is 2.20. The van der Waals surface area contributed by atoms with E-state index in [9.17, 15) is 0 Å². The molecular formula is C15H21N3O2. The summed E-state index contributed by atoms with van der Waals surface area (Å²) in [4.78, 5) is 4.49. The van der Waals surface area contributed by atoms with Crippen LogP contribution in [-0.4, -0.2) is 29.8 Å². The number of hydrogen-bond acceptors (Lipinski definition) is 5. The van der Waals surface area contributed by atoms with E-state index < -0.39 is 0 Å². The molecule has 1 aromatic carbocycles. The topological polar surface area (TPSA) is 60.2 Å². The van der Waals surface area contributed by atoms with Gasteiger partial charge in [0, 0.05) is 11.6 Å². The smallest absolute Gasteiger partial charge is 0.231 e. The van der Waals surface area contributed by atoms with Gasteiger partial charge in [0.15, 0.2) is 0 Å².